The van der Waals surface area contributed by atoms with Crippen LogP contribution in [0.5, 0.6) is 0 Å². The Morgan fingerprint density at radius 3 is 2.37 bits per heavy atom. The highest BCUT2D eigenvalue weighted by Gasteiger charge is 2.21. The fourth-order valence-corrected chi connectivity index (χ4v) is 1.25. The van der Waals surface area contributed by atoms with Gasteiger partial charge in [0.15, 0.2) is 0 Å². The Morgan fingerprint density at radius 2 is 1.89 bits per heavy atom. The molecule has 0 bridgehead atoms. The molecule has 2 amide bonds. The van der Waals surface area contributed by atoms with E-state index in [4.69, 9.17) is 9.84 Å². The number of amides is 2. The summed E-state index contributed by atoms with van der Waals surface area (Å²) in [5, 5.41) is 11.3. The second-order valence-electron chi connectivity index (χ2n) is 4.96. The number of methoxy groups -OCH3 is 1. The van der Waals surface area contributed by atoms with Crippen LogP contribution in [-0.4, -0.2) is 61.1 Å². The summed E-state index contributed by atoms with van der Waals surface area (Å²) < 4.78 is 9.67. The van der Waals surface area contributed by atoms with Gasteiger partial charge >= 0.3 is 12.2 Å². The van der Waals surface area contributed by atoms with E-state index in [1.807, 2.05) is 0 Å². The SMILES string of the molecule is COC(=O)NCCN(CCCO)C(=O)OC(C)(C)C. The van der Waals surface area contributed by atoms with Crippen LogP contribution in [-0.2, 0) is 9.47 Å². The zero-order valence-electron chi connectivity index (χ0n) is 12.1. The van der Waals surface area contributed by atoms with Gasteiger partial charge in [0.25, 0.3) is 0 Å². The maximum Gasteiger partial charge on any atom is 0.410 e. The number of aliphatic hydroxyl groups is 1. The average Bonchev–Trinajstić information content (AvgIpc) is 2.30. The third kappa shape index (κ3) is 9.12. The number of nitrogens with one attached hydrogen (secondary N) is 1. The van der Waals surface area contributed by atoms with Crippen molar-refractivity contribution in [2.45, 2.75) is 32.8 Å². The molecule has 0 aromatic carbocycles. The molecule has 0 saturated carbocycles. The molecule has 7 nitrogen and oxygen atoms in total. The van der Waals surface area contributed by atoms with Crippen molar-refractivity contribution >= 4 is 12.2 Å². The van der Waals surface area contributed by atoms with Gasteiger partial charge < -0.3 is 24.8 Å². The summed E-state index contributed by atoms with van der Waals surface area (Å²) >= 11 is 0. The van der Waals surface area contributed by atoms with E-state index in [0.717, 1.165) is 0 Å². The first-order valence-corrected chi connectivity index (χ1v) is 6.20. The lowest BCUT2D eigenvalue weighted by Gasteiger charge is -2.27. The van der Waals surface area contributed by atoms with Crippen LogP contribution >= 0.6 is 0 Å². The molecule has 0 rings (SSSR count). The van der Waals surface area contributed by atoms with Crippen LogP contribution in [0.3, 0.4) is 0 Å². The third-order valence-electron chi connectivity index (χ3n) is 2.07. The monoisotopic (exact) mass is 276 g/mol. The number of hydrogen-bond acceptors (Lipinski definition) is 5. The van der Waals surface area contributed by atoms with E-state index in [1.165, 1.54) is 12.0 Å². The molecule has 7 heteroatoms. The van der Waals surface area contributed by atoms with E-state index in [1.54, 1.807) is 20.8 Å². The summed E-state index contributed by atoms with van der Waals surface area (Å²) in [5.74, 6) is 0. The summed E-state index contributed by atoms with van der Waals surface area (Å²) in [5.41, 5.74) is -0.579. The van der Waals surface area contributed by atoms with Gasteiger partial charge in [0.2, 0.25) is 0 Å². The molecule has 0 aliphatic rings. The normalized spacial score (nSPS) is 10.8. The minimum Gasteiger partial charge on any atom is -0.453 e. The Balaban J connectivity index is 4.29. The summed E-state index contributed by atoms with van der Waals surface area (Å²) in [7, 11) is 1.27. The lowest BCUT2D eigenvalue weighted by atomic mass is 10.2. The Bertz CT molecular complexity index is 288. The fourth-order valence-electron chi connectivity index (χ4n) is 1.25. The summed E-state index contributed by atoms with van der Waals surface area (Å²) in [6, 6.07) is 0. The standard InChI is InChI=1S/C12H24N2O5/c1-12(2,3)19-11(17)14(7-5-9-15)8-6-13-10(16)18-4/h15H,5-9H2,1-4H3,(H,13,16). The van der Waals surface area contributed by atoms with E-state index < -0.39 is 17.8 Å². The molecular formula is C12H24N2O5. The van der Waals surface area contributed by atoms with Crippen molar-refractivity contribution in [3.05, 3.63) is 0 Å². The van der Waals surface area contributed by atoms with Crippen LogP contribution in [0.25, 0.3) is 0 Å². The quantitative estimate of drug-likeness (QED) is 0.754. The molecule has 0 aromatic rings. The van der Waals surface area contributed by atoms with Gasteiger partial charge in [-0.2, -0.15) is 0 Å². The Labute approximate surface area is 113 Å². The average molecular weight is 276 g/mol. The summed E-state index contributed by atoms with van der Waals surface area (Å²) in [6.45, 7) is 6.25. The van der Waals surface area contributed by atoms with Crippen molar-refractivity contribution in [3.8, 4) is 0 Å². The van der Waals surface area contributed by atoms with Crippen LogP contribution in [0.2, 0.25) is 0 Å². The Morgan fingerprint density at radius 1 is 1.26 bits per heavy atom. The molecular weight excluding hydrogens is 252 g/mol. The van der Waals surface area contributed by atoms with Crippen LogP contribution in [0.15, 0.2) is 0 Å². The van der Waals surface area contributed by atoms with Crippen LogP contribution in [0.4, 0.5) is 9.59 Å². The first kappa shape index (κ1) is 17.5. The van der Waals surface area contributed by atoms with Crippen LogP contribution in [0, 0.1) is 0 Å². The molecule has 0 spiro atoms. The van der Waals surface area contributed by atoms with Gasteiger partial charge in [-0.05, 0) is 27.2 Å². The van der Waals surface area contributed by atoms with Gasteiger partial charge in [0.1, 0.15) is 5.60 Å². The van der Waals surface area contributed by atoms with E-state index in [-0.39, 0.29) is 13.2 Å². The fraction of sp³-hybridized carbons (Fsp3) is 0.833. The molecule has 19 heavy (non-hydrogen) atoms. The molecule has 0 aliphatic carbocycles. The molecule has 0 heterocycles. The molecule has 2 N–H and O–H groups in total. The number of carbonyl (C=O) groups excluding carboxylic acids is 2. The van der Waals surface area contributed by atoms with Crippen molar-refractivity contribution < 1.29 is 24.2 Å². The van der Waals surface area contributed by atoms with E-state index in [0.29, 0.717) is 19.5 Å². The summed E-state index contributed by atoms with van der Waals surface area (Å²) in [6.07, 6.45) is -0.559. The Kier molecular flexibility index (Phi) is 7.90. The van der Waals surface area contributed by atoms with E-state index in [9.17, 15) is 9.59 Å². The topological polar surface area (TPSA) is 88.1 Å². The first-order chi connectivity index (χ1) is 8.80. The molecule has 112 valence electrons. The predicted molar refractivity (Wildman–Crippen MR) is 69.9 cm³/mol. The van der Waals surface area contributed by atoms with Crippen molar-refractivity contribution in [2.24, 2.45) is 0 Å². The van der Waals surface area contributed by atoms with Gasteiger partial charge in [-0.1, -0.05) is 0 Å². The number of carbonyl (C=O) groups is 2. The van der Waals surface area contributed by atoms with Gasteiger partial charge in [0, 0.05) is 26.2 Å². The third-order valence-corrected chi connectivity index (χ3v) is 2.07. The minimum atomic E-state index is -0.579. The molecule has 0 fully saturated rings. The van der Waals surface area contributed by atoms with Gasteiger partial charge in [-0.25, -0.2) is 9.59 Å². The van der Waals surface area contributed by atoms with Crippen LogP contribution in [0.1, 0.15) is 27.2 Å². The van der Waals surface area contributed by atoms with Gasteiger partial charge in [0.05, 0.1) is 7.11 Å². The molecule has 0 aromatic heterocycles. The number of alkyl carbamates (subject to hydrolysis) is 1. The largest absolute Gasteiger partial charge is 0.453 e. The number of hydrogen-bond donors (Lipinski definition) is 2. The molecule has 0 saturated heterocycles. The molecule has 0 radical (unpaired) electrons. The highest BCUT2D eigenvalue weighted by molar-refractivity contribution is 5.69. The van der Waals surface area contributed by atoms with Gasteiger partial charge in [-0.15, -0.1) is 0 Å². The predicted octanol–water partition coefficient (Wildman–Crippen LogP) is 0.962. The highest BCUT2D eigenvalue weighted by Crippen LogP contribution is 2.10. The Hall–Kier alpha value is -1.50. The van der Waals surface area contributed by atoms with E-state index >= 15 is 0 Å². The minimum absolute atomic E-state index is 0.0102. The smallest absolute Gasteiger partial charge is 0.410 e. The molecule has 0 atom stereocenters. The zero-order chi connectivity index (χ0) is 14.9. The number of nitrogens with zero attached hydrogens (tertiary/aromatic N) is 1. The maximum atomic E-state index is 11.9. The van der Waals surface area contributed by atoms with Gasteiger partial charge in [-0.3, -0.25) is 0 Å². The number of rotatable bonds is 6. The van der Waals surface area contributed by atoms with Crippen molar-refractivity contribution in [3.63, 3.8) is 0 Å². The lowest BCUT2D eigenvalue weighted by molar-refractivity contribution is 0.0241. The number of aliphatic hydroxyl groups excluding tert-OH is 1. The maximum absolute atomic E-state index is 11.9. The number of ether oxygens (including phenoxy) is 2. The lowest BCUT2D eigenvalue weighted by Crippen LogP contribution is -2.42. The molecule has 0 aliphatic heterocycles. The van der Waals surface area contributed by atoms with Crippen molar-refractivity contribution in [1.29, 1.82) is 0 Å². The summed E-state index contributed by atoms with van der Waals surface area (Å²) in [4.78, 5) is 24.2. The van der Waals surface area contributed by atoms with E-state index in [2.05, 4.69) is 10.1 Å². The second kappa shape index (κ2) is 8.58. The van der Waals surface area contributed by atoms with Crippen molar-refractivity contribution in [1.82, 2.24) is 10.2 Å². The first-order valence-electron chi connectivity index (χ1n) is 6.20. The second-order valence-corrected chi connectivity index (χ2v) is 4.96. The zero-order valence-corrected chi connectivity index (χ0v) is 12.1. The molecule has 0 unspecified atom stereocenters. The van der Waals surface area contributed by atoms with Crippen LogP contribution < -0.4 is 5.32 Å². The van der Waals surface area contributed by atoms with Crippen molar-refractivity contribution in [2.75, 3.05) is 33.4 Å². The highest BCUT2D eigenvalue weighted by atomic mass is 16.6.